The molecule has 0 fully saturated rings. The van der Waals surface area contributed by atoms with Crippen LogP contribution in [0.3, 0.4) is 0 Å². The molecule has 1 atom stereocenters. The highest BCUT2D eigenvalue weighted by molar-refractivity contribution is 5.81. The zero-order valence-electron chi connectivity index (χ0n) is 8.18. The lowest BCUT2D eigenvalue weighted by atomic mass is 9.91. The van der Waals surface area contributed by atoms with E-state index in [-0.39, 0.29) is 5.56 Å². The van der Waals surface area contributed by atoms with Gasteiger partial charge in [-0.1, -0.05) is 24.3 Å². The number of alkyl halides is 4. The lowest BCUT2D eigenvalue weighted by Gasteiger charge is -2.25. The van der Waals surface area contributed by atoms with E-state index in [2.05, 4.69) is 0 Å². The summed E-state index contributed by atoms with van der Waals surface area (Å²) in [6.45, 7) is 1.22. The average Bonchev–Trinajstić information content (AvgIpc) is 2.15. The van der Waals surface area contributed by atoms with Crippen LogP contribution < -0.4 is 0 Å². The van der Waals surface area contributed by atoms with Crippen molar-refractivity contribution in [2.45, 2.75) is 18.8 Å². The predicted octanol–water partition coefficient (Wildman–Crippen LogP) is 2.81. The molecule has 0 aliphatic carbocycles. The number of halogens is 4. The zero-order chi connectivity index (χ0) is 12.6. The first-order valence-corrected chi connectivity index (χ1v) is 4.26. The number of hydrogen-bond donors (Lipinski definition) is 1. The molecule has 0 amide bonds. The van der Waals surface area contributed by atoms with Crippen molar-refractivity contribution >= 4 is 5.97 Å². The van der Waals surface area contributed by atoms with Crippen molar-refractivity contribution in [2.75, 3.05) is 0 Å². The smallest absolute Gasteiger partial charge is 0.437 e. The van der Waals surface area contributed by atoms with Crippen LogP contribution >= 0.6 is 0 Å². The number of rotatable bonds is 2. The summed E-state index contributed by atoms with van der Waals surface area (Å²) in [5, 5.41) is 8.45. The maximum absolute atomic E-state index is 13.7. The molecule has 0 saturated heterocycles. The molecule has 0 aliphatic heterocycles. The Morgan fingerprint density at radius 2 is 1.69 bits per heavy atom. The number of carbonyl (C=O) groups is 1. The van der Waals surface area contributed by atoms with Crippen LogP contribution in [-0.2, 0) is 10.5 Å². The van der Waals surface area contributed by atoms with Gasteiger partial charge in [0.2, 0.25) is 0 Å². The zero-order valence-corrected chi connectivity index (χ0v) is 8.18. The Hall–Kier alpha value is -1.59. The minimum Gasteiger partial charge on any atom is -0.478 e. The molecule has 88 valence electrons. The third-order valence-corrected chi connectivity index (χ3v) is 2.20. The average molecular weight is 236 g/mol. The fourth-order valence-corrected chi connectivity index (χ4v) is 1.35. The van der Waals surface area contributed by atoms with Crippen molar-refractivity contribution in [1.82, 2.24) is 0 Å². The number of aryl methyl sites for hydroxylation is 1. The summed E-state index contributed by atoms with van der Waals surface area (Å²) in [6, 6.07) is 4.60. The summed E-state index contributed by atoms with van der Waals surface area (Å²) >= 11 is 0. The van der Waals surface area contributed by atoms with Gasteiger partial charge in [-0.05, 0) is 12.5 Å². The third-order valence-electron chi connectivity index (χ3n) is 2.20. The molecule has 1 aromatic carbocycles. The Balaban J connectivity index is 3.46. The lowest BCUT2D eigenvalue weighted by Crippen LogP contribution is -2.45. The summed E-state index contributed by atoms with van der Waals surface area (Å²) in [4.78, 5) is 10.5. The van der Waals surface area contributed by atoms with Gasteiger partial charge in [-0.25, -0.2) is 9.18 Å². The molecule has 1 N–H and O–H groups in total. The second-order valence-electron chi connectivity index (χ2n) is 3.28. The van der Waals surface area contributed by atoms with Crippen LogP contribution in [0, 0.1) is 6.92 Å². The van der Waals surface area contributed by atoms with Gasteiger partial charge in [0.15, 0.2) is 0 Å². The van der Waals surface area contributed by atoms with Crippen LogP contribution in [-0.4, -0.2) is 17.3 Å². The highest BCUT2D eigenvalue weighted by Crippen LogP contribution is 2.43. The molecule has 0 saturated carbocycles. The SMILES string of the molecule is Cc1ccccc1C(F)(C(=O)O)C(F)(F)F. The maximum Gasteiger partial charge on any atom is 0.437 e. The quantitative estimate of drug-likeness (QED) is 0.801. The normalized spacial score (nSPS) is 15.6. The molecule has 0 aromatic heterocycles. The van der Waals surface area contributed by atoms with Gasteiger partial charge in [0.1, 0.15) is 0 Å². The van der Waals surface area contributed by atoms with Crippen molar-refractivity contribution in [2.24, 2.45) is 0 Å². The van der Waals surface area contributed by atoms with Crippen molar-refractivity contribution in [3.05, 3.63) is 35.4 Å². The molecular weight excluding hydrogens is 228 g/mol. The first-order chi connectivity index (χ1) is 7.21. The molecule has 2 nitrogen and oxygen atoms in total. The number of benzene rings is 1. The summed E-state index contributed by atoms with van der Waals surface area (Å²) in [5.41, 5.74) is -5.32. The van der Waals surface area contributed by atoms with Crippen molar-refractivity contribution < 1.29 is 27.5 Å². The minimum absolute atomic E-state index is 0.0651. The van der Waals surface area contributed by atoms with Crippen molar-refractivity contribution in [3.8, 4) is 0 Å². The second kappa shape index (κ2) is 3.77. The monoisotopic (exact) mass is 236 g/mol. The van der Waals surface area contributed by atoms with E-state index in [4.69, 9.17) is 5.11 Å². The Morgan fingerprint density at radius 3 is 2.06 bits per heavy atom. The molecule has 1 aromatic rings. The highest BCUT2D eigenvalue weighted by Gasteiger charge is 2.64. The summed E-state index contributed by atoms with van der Waals surface area (Å²) < 4.78 is 51.1. The van der Waals surface area contributed by atoms with E-state index in [1.165, 1.54) is 19.1 Å². The summed E-state index contributed by atoms with van der Waals surface area (Å²) in [7, 11) is 0. The molecule has 0 heterocycles. The molecule has 0 spiro atoms. The van der Waals surface area contributed by atoms with E-state index < -0.39 is 23.4 Å². The van der Waals surface area contributed by atoms with E-state index in [0.717, 1.165) is 12.1 Å². The molecule has 16 heavy (non-hydrogen) atoms. The fraction of sp³-hybridized carbons (Fsp3) is 0.300. The van der Waals surface area contributed by atoms with E-state index in [0.29, 0.717) is 0 Å². The van der Waals surface area contributed by atoms with Crippen molar-refractivity contribution in [1.29, 1.82) is 0 Å². The van der Waals surface area contributed by atoms with Gasteiger partial charge in [0.25, 0.3) is 0 Å². The van der Waals surface area contributed by atoms with Gasteiger partial charge in [0.05, 0.1) is 0 Å². The topological polar surface area (TPSA) is 37.3 Å². The Morgan fingerprint density at radius 1 is 1.19 bits per heavy atom. The van der Waals surface area contributed by atoms with Crippen LogP contribution in [0.2, 0.25) is 0 Å². The Kier molecular flexibility index (Phi) is 2.94. The molecule has 0 radical (unpaired) electrons. The number of hydrogen-bond acceptors (Lipinski definition) is 1. The van der Waals surface area contributed by atoms with Crippen LogP contribution in [0.4, 0.5) is 17.6 Å². The van der Waals surface area contributed by atoms with Gasteiger partial charge in [-0.3, -0.25) is 0 Å². The standard InChI is InChI=1S/C10H8F4O2/c1-6-4-2-3-5-7(6)9(11,8(15)16)10(12,13)14/h2-5H,1H3,(H,15,16). The van der Waals surface area contributed by atoms with Crippen LogP contribution in [0.5, 0.6) is 0 Å². The largest absolute Gasteiger partial charge is 0.478 e. The van der Waals surface area contributed by atoms with Crippen molar-refractivity contribution in [3.63, 3.8) is 0 Å². The van der Waals surface area contributed by atoms with E-state index in [1.54, 1.807) is 0 Å². The molecule has 1 rings (SSSR count). The lowest BCUT2D eigenvalue weighted by molar-refractivity contribution is -0.240. The molecule has 0 bridgehead atoms. The van der Waals surface area contributed by atoms with E-state index in [1.807, 2.05) is 0 Å². The summed E-state index contributed by atoms with van der Waals surface area (Å²) in [6.07, 6.45) is -5.50. The van der Waals surface area contributed by atoms with Gasteiger partial charge in [-0.2, -0.15) is 13.2 Å². The minimum atomic E-state index is -5.50. The maximum atomic E-state index is 13.7. The predicted molar refractivity (Wildman–Crippen MR) is 47.7 cm³/mol. The summed E-state index contributed by atoms with van der Waals surface area (Å²) in [5.74, 6) is -2.56. The van der Waals surface area contributed by atoms with E-state index >= 15 is 0 Å². The van der Waals surface area contributed by atoms with Crippen LogP contribution in [0.15, 0.2) is 24.3 Å². The second-order valence-corrected chi connectivity index (χ2v) is 3.28. The number of carboxylic acid groups (broad SMARTS) is 1. The first-order valence-electron chi connectivity index (χ1n) is 4.26. The van der Waals surface area contributed by atoms with Crippen LogP contribution in [0.25, 0.3) is 0 Å². The first kappa shape index (κ1) is 12.5. The van der Waals surface area contributed by atoms with Crippen LogP contribution in [0.1, 0.15) is 11.1 Å². The number of aliphatic carboxylic acids is 1. The van der Waals surface area contributed by atoms with Gasteiger partial charge in [0, 0.05) is 5.56 Å². The Labute approximate surface area is 88.5 Å². The van der Waals surface area contributed by atoms with Gasteiger partial charge < -0.3 is 5.11 Å². The Bertz CT molecular complexity index is 414. The molecule has 1 unspecified atom stereocenters. The molecule has 0 aliphatic rings. The molecular formula is C10H8F4O2. The van der Waals surface area contributed by atoms with E-state index in [9.17, 15) is 22.4 Å². The van der Waals surface area contributed by atoms with Gasteiger partial charge >= 0.3 is 17.8 Å². The van der Waals surface area contributed by atoms with Gasteiger partial charge in [-0.15, -0.1) is 0 Å². The fourth-order valence-electron chi connectivity index (χ4n) is 1.35. The molecule has 6 heteroatoms. The number of carboxylic acids is 1. The third kappa shape index (κ3) is 1.75. The highest BCUT2D eigenvalue weighted by atomic mass is 19.4.